The van der Waals surface area contributed by atoms with Crippen LogP contribution in [0, 0.1) is 10.1 Å². The molecule has 0 aliphatic heterocycles. The highest BCUT2D eigenvalue weighted by atomic mass is 35.5. The fourth-order valence-electron chi connectivity index (χ4n) is 2.30. The molecule has 0 spiro atoms. The Hall–Kier alpha value is -3.16. The number of nitrogens with zero attached hydrogens (tertiary/aromatic N) is 2. The molecule has 3 aromatic rings. The lowest BCUT2D eigenvalue weighted by Gasteiger charge is -2.02. The van der Waals surface area contributed by atoms with E-state index in [4.69, 9.17) is 27.6 Å². The molecule has 0 unspecified atom stereocenters. The van der Waals surface area contributed by atoms with Crippen molar-refractivity contribution in [3.63, 3.8) is 0 Å². The number of halogens is 2. The topological polar surface area (TPSA) is 97.7 Å². The number of para-hydroxylation sites is 1. The Labute approximate surface area is 163 Å². The van der Waals surface area contributed by atoms with E-state index in [-0.39, 0.29) is 11.3 Å². The summed E-state index contributed by atoms with van der Waals surface area (Å²) < 4.78 is 5.60. The molecule has 1 heterocycles. The van der Waals surface area contributed by atoms with Crippen LogP contribution in [0.5, 0.6) is 0 Å². The van der Waals surface area contributed by atoms with E-state index in [0.717, 1.165) is 0 Å². The van der Waals surface area contributed by atoms with Gasteiger partial charge in [-0.15, -0.1) is 0 Å². The van der Waals surface area contributed by atoms with Crippen LogP contribution in [0.3, 0.4) is 0 Å². The minimum atomic E-state index is -0.705. The number of carbonyl (C=O) groups excluding carboxylic acids is 1. The number of hydrazone groups is 1. The minimum absolute atomic E-state index is 0.0921. The van der Waals surface area contributed by atoms with Gasteiger partial charge in [0.1, 0.15) is 17.1 Å². The van der Waals surface area contributed by atoms with Crippen molar-refractivity contribution >= 4 is 41.0 Å². The van der Waals surface area contributed by atoms with Crippen molar-refractivity contribution in [2.45, 2.75) is 0 Å². The lowest BCUT2D eigenvalue weighted by molar-refractivity contribution is -0.385. The number of rotatable bonds is 5. The minimum Gasteiger partial charge on any atom is -0.455 e. The van der Waals surface area contributed by atoms with Gasteiger partial charge in [0, 0.05) is 11.6 Å². The summed E-state index contributed by atoms with van der Waals surface area (Å²) in [5.41, 5.74) is 2.45. The first-order chi connectivity index (χ1) is 13.0. The molecular formula is C18H11Cl2N3O4. The van der Waals surface area contributed by atoms with Crippen LogP contribution in [-0.2, 0) is 0 Å². The average Bonchev–Trinajstić information content (AvgIpc) is 3.12. The molecule has 1 N–H and O–H groups in total. The zero-order chi connectivity index (χ0) is 19.4. The van der Waals surface area contributed by atoms with Gasteiger partial charge >= 0.3 is 0 Å². The molecule has 27 heavy (non-hydrogen) atoms. The molecule has 3 rings (SSSR count). The van der Waals surface area contributed by atoms with E-state index < -0.39 is 10.8 Å². The molecule has 0 atom stereocenters. The van der Waals surface area contributed by atoms with Crippen LogP contribution in [0.4, 0.5) is 5.69 Å². The molecule has 0 saturated carbocycles. The van der Waals surface area contributed by atoms with Gasteiger partial charge in [-0.05, 0) is 30.3 Å². The van der Waals surface area contributed by atoms with Crippen molar-refractivity contribution in [2.24, 2.45) is 5.10 Å². The van der Waals surface area contributed by atoms with Crippen molar-refractivity contribution in [3.8, 4) is 11.3 Å². The molecule has 1 amide bonds. The fourth-order valence-corrected chi connectivity index (χ4v) is 2.69. The van der Waals surface area contributed by atoms with Crippen molar-refractivity contribution in [2.75, 3.05) is 0 Å². The van der Waals surface area contributed by atoms with E-state index in [1.165, 1.54) is 30.5 Å². The quantitative estimate of drug-likeness (QED) is 0.371. The summed E-state index contributed by atoms with van der Waals surface area (Å²) in [6.07, 6.45) is 1.27. The second-order valence-corrected chi connectivity index (χ2v) is 6.06. The van der Waals surface area contributed by atoms with Crippen LogP contribution < -0.4 is 5.43 Å². The zero-order valence-corrected chi connectivity index (χ0v) is 15.1. The Morgan fingerprint density at radius 3 is 2.67 bits per heavy atom. The summed E-state index contributed by atoms with van der Waals surface area (Å²) in [6, 6.07) is 14.1. The average molecular weight is 404 g/mol. The maximum absolute atomic E-state index is 12.1. The van der Waals surface area contributed by atoms with Gasteiger partial charge in [0.05, 0.1) is 21.2 Å². The summed E-state index contributed by atoms with van der Waals surface area (Å²) in [5, 5.41) is 15.5. The molecule has 0 saturated heterocycles. The first kappa shape index (κ1) is 18.6. The van der Waals surface area contributed by atoms with Gasteiger partial charge in [0.25, 0.3) is 11.6 Å². The third-order valence-electron chi connectivity index (χ3n) is 3.55. The number of carbonyl (C=O) groups is 1. The first-order valence-electron chi connectivity index (χ1n) is 7.58. The Balaban J connectivity index is 1.73. The Morgan fingerprint density at radius 2 is 1.89 bits per heavy atom. The molecule has 0 aliphatic carbocycles. The van der Waals surface area contributed by atoms with E-state index in [0.29, 0.717) is 27.1 Å². The van der Waals surface area contributed by atoms with E-state index in [9.17, 15) is 14.9 Å². The molecular weight excluding hydrogens is 393 g/mol. The number of nitro benzene ring substituents is 1. The normalized spacial score (nSPS) is 10.9. The second-order valence-electron chi connectivity index (χ2n) is 5.28. The molecule has 136 valence electrons. The number of amides is 1. The zero-order valence-electron chi connectivity index (χ0n) is 13.6. The van der Waals surface area contributed by atoms with Crippen LogP contribution in [-0.4, -0.2) is 17.0 Å². The van der Waals surface area contributed by atoms with Crippen LogP contribution in [0.25, 0.3) is 11.3 Å². The van der Waals surface area contributed by atoms with Gasteiger partial charge in [-0.3, -0.25) is 14.9 Å². The van der Waals surface area contributed by atoms with Gasteiger partial charge < -0.3 is 4.42 Å². The monoisotopic (exact) mass is 403 g/mol. The largest absolute Gasteiger partial charge is 0.455 e. The highest BCUT2D eigenvalue weighted by Crippen LogP contribution is 2.34. The van der Waals surface area contributed by atoms with E-state index >= 15 is 0 Å². The van der Waals surface area contributed by atoms with Gasteiger partial charge in [-0.2, -0.15) is 5.10 Å². The fraction of sp³-hybridized carbons (Fsp3) is 0. The molecule has 2 aromatic carbocycles. The standard InChI is InChI=1S/C18H11Cl2N3O4/c19-14-6-3-5-13(17(14)20)16-9-8-11(27-16)10-21-22-18(24)12-4-1-2-7-15(12)23(25)26/h1-10H,(H,22,24)/b21-10-. The number of benzene rings is 2. The number of nitrogens with one attached hydrogen (secondary N) is 1. The van der Waals surface area contributed by atoms with Crippen molar-refractivity contribution in [1.82, 2.24) is 5.43 Å². The lowest BCUT2D eigenvalue weighted by atomic mass is 10.2. The number of hydrogen-bond donors (Lipinski definition) is 1. The van der Waals surface area contributed by atoms with Crippen molar-refractivity contribution in [3.05, 3.63) is 86.1 Å². The summed E-state index contributed by atoms with van der Waals surface area (Å²) in [5.74, 6) is 0.126. The Morgan fingerprint density at radius 1 is 1.11 bits per heavy atom. The summed E-state index contributed by atoms with van der Waals surface area (Å²) in [6.45, 7) is 0. The van der Waals surface area contributed by atoms with Crippen LogP contribution in [0.2, 0.25) is 10.0 Å². The Kier molecular flexibility index (Phi) is 5.54. The third-order valence-corrected chi connectivity index (χ3v) is 4.37. The maximum Gasteiger partial charge on any atom is 0.282 e. The molecule has 0 bridgehead atoms. The van der Waals surface area contributed by atoms with E-state index in [2.05, 4.69) is 10.5 Å². The van der Waals surface area contributed by atoms with Gasteiger partial charge in [-0.25, -0.2) is 5.43 Å². The van der Waals surface area contributed by atoms with Crippen LogP contribution >= 0.6 is 23.2 Å². The molecule has 0 radical (unpaired) electrons. The van der Waals surface area contributed by atoms with E-state index in [1.54, 1.807) is 30.3 Å². The molecule has 9 heteroatoms. The molecule has 0 aliphatic rings. The number of nitro groups is 1. The number of hydrogen-bond acceptors (Lipinski definition) is 5. The predicted octanol–water partition coefficient (Wildman–Crippen LogP) is 4.93. The van der Waals surface area contributed by atoms with Crippen molar-refractivity contribution < 1.29 is 14.1 Å². The van der Waals surface area contributed by atoms with Gasteiger partial charge in [0.15, 0.2) is 0 Å². The highest BCUT2D eigenvalue weighted by molar-refractivity contribution is 6.43. The maximum atomic E-state index is 12.1. The third kappa shape index (κ3) is 4.16. The van der Waals surface area contributed by atoms with Gasteiger partial charge in [0.2, 0.25) is 0 Å². The summed E-state index contributed by atoms with van der Waals surface area (Å²) in [4.78, 5) is 22.4. The lowest BCUT2D eigenvalue weighted by Crippen LogP contribution is -2.18. The van der Waals surface area contributed by atoms with E-state index in [1.807, 2.05) is 0 Å². The van der Waals surface area contributed by atoms with Crippen LogP contribution in [0.15, 0.2) is 64.1 Å². The first-order valence-corrected chi connectivity index (χ1v) is 8.34. The second kappa shape index (κ2) is 8.03. The summed E-state index contributed by atoms with van der Waals surface area (Å²) in [7, 11) is 0. The molecule has 7 nitrogen and oxygen atoms in total. The van der Waals surface area contributed by atoms with Crippen molar-refractivity contribution in [1.29, 1.82) is 0 Å². The highest BCUT2D eigenvalue weighted by Gasteiger charge is 2.18. The Bertz CT molecular complexity index is 1050. The number of furan rings is 1. The molecule has 0 fully saturated rings. The predicted molar refractivity (Wildman–Crippen MR) is 102 cm³/mol. The SMILES string of the molecule is O=C(N/N=C\c1ccc(-c2cccc(Cl)c2Cl)o1)c1ccccc1[N+](=O)[O-]. The summed E-state index contributed by atoms with van der Waals surface area (Å²) >= 11 is 12.1. The molecule has 1 aromatic heterocycles. The smallest absolute Gasteiger partial charge is 0.282 e. The van der Waals surface area contributed by atoms with Crippen LogP contribution in [0.1, 0.15) is 16.1 Å². The van der Waals surface area contributed by atoms with Gasteiger partial charge in [-0.1, -0.05) is 41.4 Å².